The molecule has 0 aromatic carbocycles. The van der Waals surface area contributed by atoms with E-state index in [0.717, 1.165) is 6.61 Å². The predicted molar refractivity (Wildman–Crippen MR) is 62.2 cm³/mol. The van der Waals surface area contributed by atoms with Crippen molar-refractivity contribution in [1.29, 1.82) is 0 Å². The largest absolute Gasteiger partial charge is 0.376 e. The van der Waals surface area contributed by atoms with Gasteiger partial charge in [-0.25, -0.2) is 0 Å². The molecule has 0 bridgehead atoms. The fraction of sp³-hybridized carbons (Fsp3) is 1.00. The van der Waals surface area contributed by atoms with Gasteiger partial charge in [-0.1, -0.05) is 0 Å². The zero-order valence-corrected chi connectivity index (χ0v) is 11.0. The van der Waals surface area contributed by atoms with Gasteiger partial charge >= 0.3 is 0 Å². The van der Waals surface area contributed by atoms with Crippen LogP contribution in [0.25, 0.3) is 0 Å². The summed E-state index contributed by atoms with van der Waals surface area (Å²) in [6.45, 7) is 14.1. The van der Waals surface area contributed by atoms with Gasteiger partial charge in [0.15, 0.2) is 0 Å². The fourth-order valence-corrected chi connectivity index (χ4v) is 1.05. The Morgan fingerprint density at radius 2 is 1.47 bits per heavy atom. The smallest absolute Gasteiger partial charge is 0.0782 e. The minimum Gasteiger partial charge on any atom is -0.376 e. The van der Waals surface area contributed by atoms with Crippen molar-refractivity contribution in [2.75, 3.05) is 19.8 Å². The van der Waals surface area contributed by atoms with Gasteiger partial charge in [0.25, 0.3) is 0 Å². The van der Waals surface area contributed by atoms with Gasteiger partial charge in [-0.2, -0.15) is 0 Å². The fourth-order valence-electron chi connectivity index (χ4n) is 1.05. The van der Waals surface area contributed by atoms with Crippen LogP contribution in [-0.4, -0.2) is 37.6 Å². The Hall–Kier alpha value is -0.120. The Morgan fingerprint density at radius 1 is 0.933 bits per heavy atom. The van der Waals surface area contributed by atoms with E-state index in [2.05, 4.69) is 0 Å². The third kappa shape index (κ3) is 10.2. The van der Waals surface area contributed by atoms with E-state index in [0.29, 0.717) is 13.2 Å². The first-order valence-electron chi connectivity index (χ1n) is 5.72. The van der Waals surface area contributed by atoms with E-state index in [1.165, 1.54) is 0 Å². The van der Waals surface area contributed by atoms with Gasteiger partial charge in [-0.15, -0.1) is 0 Å². The van der Waals surface area contributed by atoms with E-state index in [4.69, 9.17) is 14.2 Å². The van der Waals surface area contributed by atoms with Gasteiger partial charge in [0.1, 0.15) is 0 Å². The molecule has 0 amide bonds. The van der Waals surface area contributed by atoms with Gasteiger partial charge in [-0.05, 0) is 41.5 Å². The maximum absolute atomic E-state index is 5.62. The number of hydrogen-bond donors (Lipinski definition) is 0. The Balaban J connectivity index is 3.53. The van der Waals surface area contributed by atoms with Crippen LogP contribution in [0.4, 0.5) is 0 Å². The van der Waals surface area contributed by atoms with Crippen LogP contribution in [0.2, 0.25) is 0 Å². The summed E-state index contributed by atoms with van der Waals surface area (Å²) in [6, 6.07) is 0. The minimum atomic E-state index is -0.0941. The average molecular weight is 218 g/mol. The molecule has 2 unspecified atom stereocenters. The Bertz CT molecular complexity index is 151. The lowest BCUT2D eigenvalue weighted by Gasteiger charge is -2.23. The van der Waals surface area contributed by atoms with Crippen molar-refractivity contribution in [2.45, 2.75) is 59.4 Å². The van der Waals surface area contributed by atoms with Crippen molar-refractivity contribution >= 4 is 0 Å². The molecule has 0 aliphatic carbocycles. The first-order valence-corrected chi connectivity index (χ1v) is 5.72. The van der Waals surface area contributed by atoms with Crippen molar-refractivity contribution in [3.8, 4) is 0 Å². The molecule has 0 saturated carbocycles. The van der Waals surface area contributed by atoms with Crippen molar-refractivity contribution < 1.29 is 14.2 Å². The summed E-state index contributed by atoms with van der Waals surface area (Å²) in [6.07, 6.45) is 0.277. The average Bonchev–Trinajstić information content (AvgIpc) is 2.11. The standard InChI is InChI=1S/C12H26O3/c1-7-13-10(2)8-14-11(3)9-15-12(4,5)6/h10-11H,7-9H2,1-6H3. The van der Waals surface area contributed by atoms with Crippen LogP contribution >= 0.6 is 0 Å². The molecule has 15 heavy (non-hydrogen) atoms. The molecule has 92 valence electrons. The number of rotatable bonds is 7. The van der Waals surface area contributed by atoms with Crippen LogP contribution in [0.1, 0.15) is 41.5 Å². The lowest BCUT2D eigenvalue weighted by atomic mass is 10.2. The molecule has 0 aliphatic heterocycles. The molecule has 0 heterocycles. The molecular weight excluding hydrogens is 192 g/mol. The van der Waals surface area contributed by atoms with Crippen LogP contribution in [0, 0.1) is 0 Å². The van der Waals surface area contributed by atoms with Crippen molar-refractivity contribution in [1.82, 2.24) is 0 Å². The third-order valence-corrected chi connectivity index (χ3v) is 1.82. The zero-order valence-electron chi connectivity index (χ0n) is 11.0. The summed E-state index contributed by atoms with van der Waals surface area (Å²) >= 11 is 0. The first kappa shape index (κ1) is 14.9. The highest BCUT2D eigenvalue weighted by atomic mass is 16.6. The Kier molecular flexibility index (Phi) is 7.14. The topological polar surface area (TPSA) is 27.7 Å². The highest BCUT2D eigenvalue weighted by Gasteiger charge is 2.13. The molecule has 3 heteroatoms. The summed E-state index contributed by atoms with van der Waals surface area (Å²) in [5, 5.41) is 0. The van der Waals surface area contributed by atoms with E-state index in [-0.39, 0.29) is 17.8 Å². The first-order chi connectivity index (χ1) is 6.85. The second kappa shape index (κ2) is 7.20. The van der Waals surface area contributed by atoms with Crippen LogP contribution in [0.15, 0.2) is 0 Å². The Morgan fingerprint density at radius 3 is 1.93 bits per heavy atom. The monoisotopic (exact) mass is 218 g/mol. The second-order valence-electron chi connectivity index (χ2n) is 4.83. The van der Waals surface area contributed by atoms with Gasteiger partial charge in [0.05, 0.1) is 31.0 Å². The molecular formula is C12H26O3. The van der Waals surface area contributed by atoms with Crippen molar-refractivity contribution in [3.63, 3.8) is 0 Å². The molecule has 0 aromatic heterocycles. The highest BCUT2D eigenvalue weighted by molar-refractivity contribution is 4.61. The molecule has 0 rings (SSSR count). The molecule has 0 saturated heterocycles. The summed E-state index contributed by atoms with van der Waals surface area (Å²) in [5.74, 6) is 0. The second-order valence-corrected chi connectivity index (χ2v) is 4.83. The predicted octanol–water partition coefficient (Wildman–Crippen LogP) is 2.63. The molecule has 0 radical (unpaired) electrons. The summed E-state index contributed by atoms with van der Waals surface area (Å²) in [7, 11) is 0. The van der Waals surface area contributed by atoms with Gasteiger partial charge in [0, 0.05) is 6.61 Å². The Labute approximate surface area is 94.1 Å². The zero-order chi connectivity index (χ0) is 11.9. The van der Waals surface area contributed by atoms with Gasteiger partial charge in [-0.3, -0.25) is 0 Å². The SMILES string of the molecule is CCOC(C)COC(C)COC(C)(C)C. The lowest BCUT2D eigenvalue weighted by Crippen LogP contribution is -2.28. The summed E-state index contributed by atoms with van der Waals surface area (Å²) < 4.78 is 16.6. The molecule has 3 nitrogen and oxygen atoms in total. The highest BCUT2D eigenvalue weighted by Crippen LogP contribution is 2.08. The van der Waals surface area contributed by atoms with E-state index in [9.17, 15) is 0 Å². The molecule has 0 N–H and O–H groups in total. The minimum absolute atomic E-state index is 0.0941. The maximum atomic E-state index is 5.62. The molecule has 0 fully saturated rings. The number of hydrogen-bond acceptors (Lipinski definition) is 3. The van der Waals surface area contributed by atoms with Crippen molar-refractivity contribution in [2.24, 2.45) is 0 Å². The van der Waals surface area contributed by atoms with Crippen LogP contribution < -0.4 is 0 Å². The lowest BCUT2D eigenvalue weighted by molar-refractivity contribution is -0.0867. The quantitative estimate of drug-likeness (QED) is 0.657. The van der Waals surface area contributed by atoms with Crippen LogP contribution in [0.3, 0.4) is 0 Å². The summed E-state index contributed by atoms with van der Waals surface area (Å²) in [4.78, 5) is 0. The van der Waals surface area contributed by atoms with E-state index in [1.54, 1.807) is 0 Å². The summed E-state index contributed by atoms with van der Waals surface area (Å²) in [5.41, 5.74) is -0.0941. The van der Waals surface area contributed by atoms with Crippen LogP contribution in [0.5, 0.6) is 0 Å². The molecule has 2 atom stereocenters. The molecule has 0 aliphatic rings. The molecule has 0 aromatic rings. The third-order valence-electron chi connectivity index (χ3n) is 1.82. The van der Waals surface area contributed by atoms with E-state index >= 15 is 0 Å². The van der Waals surface area contributed by atoms with Crippen molar-refractivity contribution in [3.05, 3.63) is 0 Å². The molecule has 0 spiro atoms. The van der Waals surface area contributed by atoms with Gasteiger partial charge in [0.2, 0.25) is 0 Å². The maximum Gasteiger partial charge on any atom is 0.0782 e. The number of ether oxygens (including phenoxy) is 3. The van der Waals surface area contributed by atoms with Gasteiger partial charge < -0.3 is 14.2 Å². The van der Waals surface area contributed by atoms with Crippen LogP contribution in [-0.2, 0) is 14.2 Å². The van der Waals surface area contributed by atoms with E-state index < -0.39 is 0 Å². The van der Waals surface area contributed by atoms with E-state index in [1.807, 2.05) is 41.5 Å². The normalized spacial score (nSPS) is 16.4.